The van der Waals surface area contributed by atoms with E-state index in [9.17, 15) is 14.7 Å². The van der Waals surface area contributed by atoms with Crippen LogP contribution in [0.3, 0.4) is 0 Å². The Kier molecular flexibility index (Phi) is 4.22. The predicted molar refractivity (Wildman–Crippen MR) is 107 cm³/mol. The van der Waals surface area contributed by atoms with Gasteiger partial charge in [0.25, 0.3) is 0 Å². The molecule has 3 heterocycles. The molecule has 0 spiro atoms. The number of nitrogens with two attached hydrogens (primary N) is 2. The molecule has 0 radical (unpaired) electrons. The van der Waals surface area contributed by atoms with Gasteiger partial charge in [-0.3, -0.25) is 4.79 Å². The Morgan fingerprint density at radius 3 is 2.58 bits per heavy atom. The third-order valence-electron chi connectivity index (χ3n) is 5.96. The highest BCUT2D eigenvalue weighted by Crippen LogP contribution is 2.42. The average molecular weight is 431 g/mol. The van der Waals surface area contributed by atoms with Crippen LogP contribution >= 0.6 is 0 Å². The minimum absolute atomic E-state index is 0.129. The third kappa shape index (κ3) is 2.86. The SMILES string of the molecule is Nc1c(F)c(N2C[C@@H](N)[C@@H](n3ccnn3)C2)c(F)c2c1c(=O)c(C(=O)O)cn2C1CC1. The molecule has 1 aliphatic carbocycles. The van der Waals surface area contributed by atoms with Gasteiger partial charge in [-0.05, 0) is 12.8 Å². The highest BCUT2D eigenvalue weighted by atomic mass is 19.1. The van der Waals surface area contributed by atoms with Gasteiger partial charge in [-0.25, -0.2) is 18.3 Å². The molecular weight excluding hydrogens is 412 g/mol. The van der Waals surface area contributed by atoms with Crippen LogP contribution < -0.4 is 21.8 Å². The fourth-order valence-corrected chi connectivity index (χ4v) is 4.29. The lowest BCUT2D eigenvalue weighted by atomic mass is 10.1. The monoisotopic (exact) mass is 431 g/mol. The van der Waals surface area contributed by atoms with Gasteiger partial charge < -0.3 is 26.0 Å². The molecule has 1 saturated carbocycles. The lowest BCUT2D eigenvalue weighted by Crippen LogP contribution is -2.31. The summed E-state index contributed by atoms with van der Waals surface area (Å²) in [5.74, 6) is -3.56. The zero-order chi connectivity index (χ0) is 22.0. The zero-order valence-electron chi connectivity index (χ0n) is 16.2. The van der Waals surface area contributed by atoms with E-state index in [0.29, 0.717) is 12.8 Å². The maximum atomic E-state index is 15.8. The van der Waals surface area contributed by atoms with Gasteiger partial charge >= 0.3 is 5.97 Å². The van der Waals surface area contributed by atoms with Crippen LogP contribution in [0.4, 0.5) is 20.2 Å². The van der Waals surface area contributed by atoms with Crippen LogP contribution in [0, 0.1) is 11.6 Å². The highest BCUT2D eigenvalue weighted by molar-refractivity contribution is 5.99. The molecule has 0 bridgehead atoms. The summed E-state index contributed by atoms with van der Waals surface area (Å²) in [5.41, 5.74) is 9.39. The number of pyridine rings is 1. The molecular formula is C19H19F2N7O3. The highest BCUT2D eigenvalue weighted by Gasteiger charge is 2.38. The molecule has 12 heteroatoms. The number of aromatic carboxylic acids is 1. The zero-order valence-corrected chi connectivity index (χ0v) is 16.2. The van der Waals surface area contributed by atoms with Crippen LogP contribution in [0.2, 0.25) is 0 Å². The summed E-state index contributed by atoms with van der Waals surface area (Å²) in [7, 11) is 0. The van der Waals surface area contributed by atoms with Gasteiger partial charge in [-0.15, -0.1) is 5.10 Å². The minimum Gasteiger partial charge on any atom is -0.477 e. The Morgan fingerprint density at radius 1 is 1.23 bits per heavy atom. The molecule has 2 aromatic heterocycles. The summed E-state index contributed by atoms with van der Waals surface area (Å²) in [5, 5.41) is 16.6. The molecule has 31 heavy (non-hydrogen) atoms. The first-order chi connectivity index (χ1) is 14.8. The van der Waals surface area contributed by atoms with Crippen molar-refractivity contribution >= 4 is 28.2 Å². The second-order valence-electron chi connectivity index (χ2n) is 7.95. The average Bonchev–Trinajstić information content (AvgIpc) is 3.28. The van der Waals surface area contributed by atoms with Crippen molar-refractivity contribution in [3.63, 3.8) is 0 Å². The molecule has 1 aliphatic heterocycles. The van der Waals surface area contributed by atoms with Gasteiger partial charge in [0, 0.05) is 37.6 Å². The molecule has 162 valence electrons. The van der Waals surface area contributed by atoms with E-state index in [1.807, 2.05) is 0 Å². The molecule has 5 N–H and O–H groups in total. The summed E-state index contributed by atoms with van der Waals surface area (Å²) in [6, 6.07) is -1.02. The number of anilines is 2. The van der Waals surface area contributed by atoms with Crippen molar-refractivity contribution in [3.05, 3.63) is 46.0 Å². The van der Waals surface area contributed by atoms with Gasteiger partial charge in [-0.1, -0.05) is 5.21 Å². The number of nitrogens with zero attached hydrogens (tertiary/aromatic N) is 5. The Balaban J connectivity index is 1.72. The van der Waals surface area contributed by atoms with Crippen molar-refractivity contribution in [3.8, 4) is 0 Å². The van der Waals surface area contributed by atoms with Crippen molar-refractivity contribution in [1.29, 1.82) is 0 Å². The molecule has 0 amide bonds. The predicted octanol–water partition coefficient (Wildman–Crippen LogP) is 0.875. The second-order valence-corrected chi connectivity index (χ2v) is 7.95. The molecule has 10 nitrogen and oxygen atoms in total. The number of hydrogen-bond acceptors (Lipinski definition) is 7. The largest absolute Gasteiger partial charge is 0.477 e. The second kappa shape index (κ2) is 6.74. The number of hydrogen-bond donors (Lipinski definition) is 3. The van der Waals surface area contributed by atoms with Gasteiger partial charge in [0.05, 0.1) is 28.8 Å². The fourth-order valence-electron chi connectivity index (χ4n) is 4.29. The van der Waals surface area contributed by atoms with Gasteiger partial charge in [-0.2, -0.15) is 0 Å². The number of aromatic nitrogens is 4. The lowest BCUT2D eigenvalue weighted by molar-refractivity contribution is 0.0695. The minimum atomic E-state index is -1.48. The van der Waals surface area contributed by atoms with E-state index >= 15 is 8.78 Å². The van der Waals surface area contributed by atoms with Crippen molar-refractivity contribution in [2.45, 2.75) is 31.0 Å². The van der Waals surface area contributed by atoms with E-state index in [2.05, 4.69) is 10.3 Å². The van der Waals surface area contributed by atoms with E-state index in [4.69, 9.17) is 11.5 Å². The summed E-state index contributed by atoms with van der Waals surface area (Å²) in [6.07, 6.45) is 5.59. The number of halogens is 2. The molecule has 3 aromatic rings. The van der Waals surface area contributed by atoms with E-state index in [-0.39, 0.29) is 36.4 Å². The van der Waals surface area contributed by atoms with Crippen LogP contribution in [0.5, 0.6) is 0 Å². The van der Waals surface area contributed by atoms with E-state index in [1.54, 1.807) is 6.20 Å². The van der Waals surface area contributed by atoms with E-state index in [0.717, 1.165) is 6.20 Å². The molecule has 2 atom stereocenters. The van der Waals surface area contributed by atoms with E-state index in [1.165, 1.54) is 20.3 Å². The Morgan fingerprint density at radius 2 is 1.97 bits per heavy atom. The van der Waals surface area contributed by atoms with Crippen LogP contribution in [0.25, 0.3) is 10.9 Å². The fraction of sp³-hybridized carbons (Fsp3) is 0.368. The van der Waals surface area contributed by atoms with Crippen molar-refractivity contribution in [2.75, 3.05) is 23.7 Å². The summed E-state index contributed by atoms with van der Waals surface area (Å²) in [4.78, 5) is 25.7. The summed E-state index contributed by atoms with van der Waals surface area (Å²) in [6.45, 7) is 0.286. The van der Waals surface area contributed by atoms with Crippen molar-refractivity contribution in [1.82, 2.24) is 19.6 Å². The molecule has 2 fully saturated rings. The quantitative estimate of drug-likeness (QED) is 0.516. The smallest absolute Gasteiger partial charge is 0.341 e. The summed E-state index contributed by atoms with van der Waals surface area (Å²) >= 11 is 0. The Bertz CT molecular complexity index is 1270. The number of benzene rings is 1. The topological polar surface area (TPSA) is 145 Å². The number of fused-ring (bicyclic) bond motifs is 1. The number of carboxylic acids is 1. The van der Waals surface area contributed by atoms with Crippen molar-refractivity contribution in [2.24, 2.45) is 5.73 Å². The Labute approximate surface area is 173 Å². The first-order valence-electron chi connectivity index (χ1n) is 9.74. The first kappa shape index (κ1) is 19.4. The van der Waals surface area contributed by atoms with Gasteiger partial charge in [0.1, 0.15) is 11.3 Å². The van der Waals surface area contributed by atoms with Crippen molar-refractivity contribution < 1.29 is 18.7 Å². The van der Waals surface area contributed by atoms with Crippen LogP contribution in [-0.4, -0.2) is 49.8 Å². The van der Waals surface area contributed by atoms with Gasteiger partial charge in [0.15, 0.2) is 11.6 Å². The number of carbonyl (C=O) groups is 1. The van der Waals surface area contributed by atoms with E-state index < -0.39 is 45.7 Å². The van der Waals surface area contributed by atoms with Crippen LogP contribution in [0.1, 0.15) is 35.3 Å². The molecule has 0 unspecified atom stereocenters. The number of rotatable bonds is 4. The normalized spacial score (nSPS) is 21.2. The number of carboxylic acid groups (broad SMARTS) is 1. The first-order valence-corrected chi connectivity index (χ1v) is 9.74. The Hall–Kier alpha value is -3.54. The standard InChI is InChI=1S/C19H19F2N7O3/c20-13-15(23)12-16(27(8-1-2-8)5-9(18(12)29)19(30)31)14(21)17(13)26-6-10(22)11(7-26)28-4-3-24-25-28/h3-5,8,10-11H,1-2,6-7,22-23H2,(H,30,31)/t10-,11+/m1/s1. The third-order valence-corrected chi connectivity index (χ3v) is 5.96. The molecule has 1 aromatic carbocycles. The number of nitrogen functional groups attached to an aromatic ring is 1. The van der Waals surface area contributed by atoms with Crippen LogP contribution in [0.15, 0.2) is 23.4 Å². The maximum Gasteiger partial charge on any atom is 0.341 e. The van der Waals surface area contributed by atoms with Crippen LogP contribution in [-0.2, 0) is 0 Å². The molecule has 1 saturated heterocycles. The summed E-state index contributed by atoms with van der Waals surface area (Å²) < 4.78 is 34.0. The van der Waals surface area contributed by atoms with Gasteiger partial charge in [0.2, 0.25) is 5.43 Å². The maximum absolute atomic E-state index is 15.8. The molecule has 2 aliphatic rings. The molecule has 5 rings (SSSR count). The lowest BCUT2D eigenvalue weighted by Gasteiger charge is -2.23.